The van der Waals surface area contributed by atoms with Crippen LogP contribution in [0.25, 0.3) is 0 Å². The number of fused-ring (bicyclic) bond motifs is 1. The molecule has 0 saturated heterocycles. The number of aryl methyl sites for hydroxylation is 1. The minimum absolute atomic E-state index is 0. The molecule has 3 aliphatic carbocycles. The van der Waals surface area contributed by atoms with E-state index >= 15 is 0 Å². The van der Waals surface area contributed by atoms with Crippen molar-refractivity contribution in [3.8, 4) is 0 Å². The van der Waals surface area contributed by atoms with Gasteiger partial charge in [-0.2, -0.15) is 0 Å². The number of aliphatic carboxylic acids is 1. The minimum atomic E-state index is -0.677. The number of carboxylic acid groups (broad SMARTS) is 1. The molecule has 0 aliphatic heterocycles. The molecule has 264 valence electrons. The minimum Gasteiger partial charge on any atom is -0.481 e. The lowest BCUT2D eigenvalue weighted by Gasteiger charge is -2.36. The zero-order valence-corrected chi connectivity index (χ0v) is 30.4. The van der Waals surface area contributed by atoms with Crippen molar-refractivity contribution in [1.82, 2.24) is 9.88 Å². The third kappa shape index (κ3) is 8.93. The Balaban J connectivity index is 0.00000243. The van der Waals surface area contributed by atoms with E-state index in [4.69, 9.17) is 0 Å². The van der Waals surface area contributed by atoms with Crippen molar-refractivity contribution >= 4 is 64.6 Å². The summed E-state index contributed by atoms with van der Waals surface area (Å²) in [5.74, 6) is -1.32. The standard InChI is InChI=1S/C39H42N4O4S.2ClH/c44-36(29-5-3-4-27(23-29)24-43(32-16-17-32)31-14-10-28(11-15-31)39(46)47)42-38-35(33-6-1-2-7-34(33)48-38)37(45)41-30-12-8-25(9-13-30)22-26-18-20-40-21-19-26;;/h3-5,8-9,12-13,18-21,23,28,31-32H,1-2,6-7,10-11,14-17,22,24H2,(H,41,45)(H,42,44)(H,46,47);2*1H. The molecule has 50 heavy (non-hydrogen) atoms. The van der Waals surface area contributed by atoms with Crippen LogP contribution in [0.1, 0.15) is 99.2 Å². The Bertz CT molecular complexity index is 1790. The number of anilines is 2. The maximum Gasteiger partial charge on any atom is 0.306 e. The van der Waals surface area contributed by atoms with Gasteiger partial charge in [-0.05, 0) is 129 Å². The van der Waals surface area contributed by atoms with Gasteiger partial charge in [0.25, 0.3) is 11.8 Å². The molecule has 3 N–H and O–H groups in total. The molecular formula is C39H44Cl2N4O4S. The highest BCUT2D eigenvalue weighted by atomic mass is 35.5. The number of pyridine rings is 1. The maximum atomic E-state index is 13.8. The summed E-state index contributed by atoms with van der Waals surface area (Å²) in [6.07, 6.45) is 13.8. The van der Waals surface area contributed by atoms with Gasteiger partial charge in [-0.3, -0.25) is 24.3 Å². The number of aromatic nitrogens is 1. The van der Waals surface area contributed by atoms with Crippen LogP contribution in [0.4, 0.5) is 10.7 Å². The van der Waals surface area contributed by atoms with Crippen molar-refractivity contribution in [2.75, 3.05) is 10.6 Å². The normalized spacial score (nSPS) is 18.3. The van der Waals surface area contributed by atoms with Crippen LogP contribution >= 0.6 is 36.2 Å². The molecule has 2 saturated carbocycles. The number of rotatable bonds is 11. The van der Waals surface area contributed by atoms with E-state index in [1.54, 1.807) is 12.4 Å². The van der Waals surface area contributed by atoms with Gasteiger partial charge >= 0.3 is 5.97 Å². The first kappa shape index (κ1) is 37.5. The highest BCUT2D eigenvalue weighted by Crippen LogP contribution is 2.39. The van der Waals surface area contributed by atoms with Crippen molar-refractivity contribution in [3.63, 3.8) is 0 Å². The molecule has 0 bridgehead atoms. The number of halogens is 2. The van der Waals surface area contributed by atoms with E-state index < -0.39 is 5.97 Å². The molecule has 2 amide bonds. The van der Waals surface area contributed by atoms with E-state index in [-0.39, 0.29) is 42.5 Å². The molecular weight excluding hydrogens is 691 g/mol. The Morgan fingerprint density at radius 3 is 2.12 bits per heavy atom. The molecule has 8 nitrogen and oxygen atoms in total. The number of nitrogens with zero attached hydrogens (tertiary/aromatic N) is 2. The summed E-state index contributed by atoms with van der Waals surface area (Å²) in [7, 11) is 0. The summed E-state index contributed by atoms with van der Waals surface area (Å²) < 4.78 is 0. The molecule has 11 heteroatoms. The second-order valence-electron chi connectivity index (χ2n) is 13.5. The van der Waals surface area contributed by atoms with E-state index in [0.717, 1.165) is 86.7 Å². The van der Waals surface area contributed by atoms with Crippen LogP contribution in [-0.2, 0) is 30.6 Å². The number of carbonyl (C=O) groups excluding carboxylic acids is 2. The quantitative estimate of drug-likeness (QED) is 0.142. The van der Waals surface area contributed by atoms with Crippen LogP contribution in [-0.4, -0.2) is 44.9 Å². The Hall–Kier alpha value is -3.76. The molecule has 2 fully saturated rings. The van der Waals surface area contributed by atoms with E-state index in [0.29, 0.717) is 28.2 Å². The summed E-state index contributed by atoms with van der Waals surface area (Å²) >= 11 is 1.53. The molecule has 0 atom stereocenters. The lowest BCUT2D eigenvalue weighted by Crippen LogP contribution is -2.40. The largest absolute Gasteiger partial charge is 0.481 e. The van der Waals surface area contributed by atoms with Gasteiger partial charge in [0, 0.05) is 47.2 Å². The fourth-order valence-electron chi connectivity index (χ4n) is 7.34. The SMILES string of the molecule is Cl.Cl.O=C(Nc1sc2c(c1C(=O)Nc1ccc(Cc3ccncc3)cc1)CCCC2)c1cccc(CN(C2CCC(C(=O)O)CC2)C2CC2)c1. The number of hydrogen-bond acceptors (Lipinski definition) is 6. The van der Waals surface area contributed by atoms with E-state index in [1.165, 1.54) is 34.6 Å². The molecule has 7 rings (SSSR count). The van der Waals surface area contributed by atoms with Crippen molar-refractivity contribution in [2.24, 2.45) is 5.92 Å². The first-order chi connectivity index (χ1) is 23.4. The Morgan fingerprint density at radius 2 is 1.44 bits per heavy atom. The number of nitrogens with one attached hydrogen (secondary N) is 2. The second-order valence-corrected chi connectivity index (χ2v) is 14.6. The predicted octanol–water partition coefficient (Wildman–Crippen LogP) is 8.57. The highest BCUT2D eigenvalue weighted by Gasteiger charge is 2.37. The van der Waals surface area contributed by atoms with Gasteiger partial charge < -0.3 is 15.7 Å². The summed E-state index contributed by atoms with van der Waals surface area (Å²) in [5.41, 5.74) is 6.32. The average Bonchev–Trinajstić information content (AvgIpc) is 3.89. The molecule has 4 aromatic rings. The smallest absolute Gasteiger partial charge is 0.306 e. The highest BCUT2D eigenvalue weighted by molar-refractivity contribution is 7.17. The summed E-state index contributed by atoms with van der Waals surface area (Å²) in [6, 6.07) is 20.6. The Kier molecular flexibility index (Phi) is 12.7. The van der Waals surface area contributed by atoms with Gasteiger partial charge in [-0.15, -0.1) is 36.2 Å². The molecule has 0 radical (unpaired) electrons. The van der Waals surface area contributed by atoms with Crippen LogP contribution in [0.3, 0.4) is 0 Å². The third-order valence-electron chi connectivity index (χ3n) is 10.1. The number of carbonyl (C=O) groups is 3. The third-order valence-corrected chi connectivity index (χ3v) is 11.3. The number of thiophene rings is 1. The molecule has 2 aromatic heterocycles. The predicted molar refractivity (Wildman–Crippen MR) is 203 cm³/mol. The van der Waals surface area contributed by atoms with Gasteiger partial charge in [-0.1, -0.05) is 24.3 Å². The van der Waals surface area contributed by atoms with Crippen LogP contribution in [0.5, 0.6) is 0 Å². The first-order valence-electron chi connectivity index (χ1n) is 17.2. The summed E-state index contributed by atoms with van der Waals surface area (Å²) in [4.78, 5) is 46.8. The molecule has 0 spiro atoms. The van der Waals surface area contributed by atoms with E-state index in [2.05, 4.69) is 26.6 Å². The Labute approximate surface area is 309 Å². The van der Waals surface area contributed by atoms with Crippen molar-refractivity contribution in [2.45, 2.75) is 89.3 Å². The fraction of sp³-hybridized carbons (Fsp3) is 0.385. The van der Waals surface area contributed by atoms with Crippen molar-refractivity contribution in [1.29, 1.82) is 0 Å². The van der Waals surface area contributed by atoms with Crippen LogP contribution < -0.4 is 10.6 Å². The van der Waals surface area contributed by atoms with Gasteiger partial charge in [0.2, 0.25) is 0 Å². The van der Waals surface area contributed by atoms with Gasteiger partial charge in [0.15, 0.2) is 0 Å². The zero-order valence-electron chi connectivity index (χ0n) is 27.9. The lowest BCUT2D eigenvalue weighted by atomic mass is 9.85. The van der Waals surface area contributed by atoms with Gasteiger partial charge in [0.1, 0.15) is 5.00 Å². The summed E-state index contributed by atoms with van der Waals surface area (Å²) in [5, 5.41) is 16.3. The van der Waals surface area contributed by atoms with Crippen molar-refractivity contribution < 1.29 is 19.5 Å². The molecule has 2 heterocycles. The summed E-state index contributed by atoms with van der Waals surface area (Å²) in [6.45, 7) is 0.747. The van der Waals surface area contributed by atoms with Crippen LogP contribution in [0, 0.1) is 5.92 Å². The van der Waals surface area contributed by atoms with Gasteiger partial charge in [0.05, 0.1) is 11.5 Å². The van der Waals surface area contributed by atoms with Crippen molar-refractivity contribution in [3.05, 3.63) is 111 Å². The number of hydrogen-bond donors (Lipinski definition) is 3. The first-order valence-corrected chi connectivity index (χ1v) is 18.1. The average molecular weight is 736 g/mol. The molecule has 3 aliphatic rings. The second kappa shape index (κ2) is 17.0. The Morgan fingerprint density at radius 1 is 0.780 bits per heavy atom. The van der Waals surface area contributed by atoms with E-state index in [9.17, 15) is 19.5 Å². The molecule has 2 aromatic carbocycles. The number of benzene rings is 2. The lowest BCUT2D eigenvalue weighted by molar-refractivity contribution is -0.143. The van der Waals surface area contributed by atoms with Crippen LogP contribution in [0.2, 0.25) is 0 Å². The molecule has 0 unspecified atom stereocenters. The van der Waals surface area contributed by atoms with Crippen LogP contribution in [0.15, 0.2) is 73.1 Å². The van der Waals surface area contributed by atoms with Gasteiger partial charge in [-0.25, -0.2) is 0 Å². The maximum absolute atomic E-state index is 13.8. The zero-order chi connectivity index (χ0) is 33.0. The topological polar surface area (TPSA) is 112 Å². The monoisotopic (exact) mass is 734 g/mol. The number of carboxylic acids is 1. The fourth-order valence-corrected chi connectivity index (χ4v) is 8.63. The van der Waals surface area contributed by atoms with E-state index in [1.807, 2.05) is 54.6 Å². The number of amides is 2.